The lowest BCUT2D eigenvalue weighted by Gasteiger charge is -2.38. The van der Waals surface area contributed by atoms with Gasteiger partial charge in [-0.3, -0.25) is 0 Å². The minimum atomic E-state index is -0.0122. The molecule has 0 saturated carbocycles. The van der Waals surface area contributed by atoms with Gasteiger partial charge in [0.15, 0.2) is 0 Å². The SMILES string of the molecule is CCC[C@](C)(N)C(C)(C)C. The molecule has 1 heteroatoms. The molecule has 10 heavy (non-hydrogen) atoms. The van der Waals surface area contributed by atoms with Crippen LogP contribution in [0.3, 0.4) is 0 Å². The molecule has 0 heterocycles. The smallest absolute Gasteiger partial charge is 0.0174 e. The minimum Gasteiger partial charge on any atom is -0.325 e. The van der Waals surface area contributed by atoms with E-state index in [1.807, 2.05) is 0 Å². The molecule has 2 N–H and O–H groups in total. The van der Waals surface area contributed by atoms with Crippen LogP contribution in [0.25, 0.3) is 0 Å². The molecule has 0 aromatic carbocycles. The van der Waals surface area contributed by atoms with Crippen LogP contribution in [-0.4, -0.2) is 5.54 Å². The van der Waals surface area contributed by atoms with Crippen LogP contribution in [0.5, 0.6) is 0 Å². The molecule has 0 radical (unpaired) electrons. The van der Waals surface area contributed by atoms with Gasteiger partial charge in [-0.2, -0.15) is 0 Å². The van der Waals surface area contributed by atoms with Gasteiger partial charge < -0.3 is 5.73 Å². The van der Waals surface area contributed by atoms with Crippen molar-refractivity contribution in [3.63, 3.8) is 0 Å². The molecule has 0 bridgehead atoms. The Labute approximate surface area is 65.0 Å². The molecule has 0 aromatic heterocycles. The lowest BCUT2D eigenvalue weighted by molar-refractivity contribution is 0.193. The monoisotopic (exact) mass is 143 g/mol. The third-order valence-corrected chi connectivity index (χ3v) is 2.48. The fourth-order valence-corrected chi connectivity index (χ4v) is 0.894. The van der Waals surface area contributed by atoms with E-state index in [1.165, 1.54) is 6.42 Å². The third kappa shape index (κ3) is 2.30. The maximum absolute atomic E-state index is 6.10. The lowest BCUT2D eigenvalue weighted by atomic mass is 9.73. The summed E-state index contributed by atoms with van der Waals surface area (Å²) < 4.78 is 0. The van der Waals surface area contributed by atoms with Crippen LogP contribution >= 0.6 is 0 Å². The highest BCUT2D eigenvalue weighted by Crippen LogP contribution is 2.30. The Morgan fingerprint density at radius 2 is 1.50 bits per heavy atom. The highest BCUT2D eigenvalue weighted by atomic mass is 14.8. The fourth-order valence-electron chi connectivity index (χ4n) is 0.894. The highest BCUT2D eigenvalue weighted by molar-refractivity contribution is 4.90. The first kappa shape index (κ1) is 9.96. The molecule has 0 rings (SSSR count). The van der Waals surface area contributed by atoms with Crippen LogP contribution in [0, 0.1) is 5.41 Å². The van der Waals surface area contributed by atoms with Gasteiger partial charge in [0.1, 0.15) is 0 Å². The molecule has 0 amide bonds. The van der Waals surface area contributed by atoms with Gasteiger partial charge in [-0.05, 0) is 18.8 Å². The van der Waals surface area contributed by atoms with Gasteiger partial charge in [-0.1, -0.05) is 34.1 Å². The zero-order chi connectivity index (χ0) is 8.41. The highest BCUT2D eigenvalue weighted by Gasteiger charge is 2.31. The van der Waals surface area contributed by atoms with Crippen molar-refractivity contribution in [2.45, 2.75) is 53.0 Å². The van der Waals surface area contributed by atoms with E-state index in [2.05, 4.69) is 34.6 Å². The van der Waals surface area contributed by atoms with E-state index in [4.69, 9.17) is 5.73 Å². The summed E-state index contributed by atoms with van der Waals surface area (Å²) >= 11 is 0. The predicted molar refractivity (Wildman–Crippen MR) is 47.0 cm³/mol. The molecule has 0 unspecified atom stereocenters. The van der Waals surface area contributed by atoms with Crippen molar-refractivity contribution >= 4 is 0 Å². The maximum Gasteiger partial charge on any atom is 0.0174 e. The summed E-state index contributed by atoms with van der Waals surface area (Å²) in [6.45, 7) is 10.9. The van der Waals surface area contributed by atoms with Crippen molar-refractivity contribution < 1.29 is 0 Å². The second-order valence-electron chi connectivity index (χ2n) is 4.42. The van der Waals surface area contributed by atoms with Crippen LogP contribution in [0.4, 0.5) is 0 Å². The average molecular weight is 143 g/mol. The van der Waals surface area contributed by atoms with Crippen molar-refractivity contribution in [3.8, 4) is 0 Å². The van der Waals surface area contributed by atoms with Crippen molar-refractivity contribution in [1.82, 2.24) is 0 Å². The largest absolute Gasteiger partial charge is 0.325 e. The topological polar surface area (TPSA) is 26.0 Å². The zero-order valence-corrected chi connectivity index (χ0v) is 7.99. The van der Waals surface area contributed by atoms with Gasteiger partial charge in [0.25, 0.3) is 0 Å². The van der Waals surface area contributed by atoms with Crippen molar-refractivity contribution in [2.75, 3.05) is 0 Å². The molecular weight excluding hydrogens is 122 g/mol. The molecule has 0 aliphatic rings. The average Bonchev–Trinajstić information content (AvgIpc) is 1.61. The van der Waals surface area contributed by atoms with E-state index < -0.39 is 0 Å². The van der Waals surface area contributed by atoms with Crippen molar-refractivity contribution in [3.05, 3.63) is 0 Å². The number of hydrogen-bond donors (Lipinski definition) is 1. The zero-order valence-electron chi connectivity index (χ0n) is 7.99. The maximum atomic E-state index is 6.10. The van der Waals surface area contributed by atoms with Crippen LogP contribution < -0.4 is 5.73 Å². The first-order valence-electron chi connectivity index (χ1n) is 4.10. The van der Waals surface area contributed by atoms with Gasteiger partial charge in [0.05, 0.1) is 0 Å². The Balaban J connectivity index is 4.10. The van der Waals surface area contributed by atoms with E-state index in [9.17, 15) is 0 Å². The quantitative estimate of drug-likeness (QED) is 0.631. The van der Waals surface area contributed by atoms with E-state index >= 15 is 0 Å². The van der Waals surface area contributed by atoms with Gasteiger partial charge in [-0.25, -0.2) is 0 Å². The Hall–Kier alpha value is -0.0400. The van der Waals surface area contributed by atoms with Crippen LogP contribution in [0.15, 0.2) is 0 Å². The van der Waals surface area contributed by atoms with Crippen LogP contribution in [0.2, 0.25) is 0 Å². The fraction of sp³-hybridized carbons (Fsp3) is 1.00. The van der Waals surface area contributed by atoms with Gasteiger partial charge in [-0.15, -0.1) is 0 Å². The van der Waals surface area contributed by atoms with E-state index in [1.54, 1.807) is 0 Å². The van der Waals surface area contributed by atoms with Crippen molar-refractivity contribution in [2.24, 2.45) is 11.1 Å². The number of hydrogen-bond acceptors (Lipinski definition) is 1. The molecule has 0 saturated heterocycles. The van der Waals surface area contributed by atoms with Crippen LogP contribution in [0.1, 0.15) is 47.5 Å². The molecular formula is C9H21N. The summed E-state index contributed by atoms with van der Waals surface area (Å²) in [6, 6.07) is 0. The molecule has 0 aromatic rings. The summed E-state index contributed by atoms with van der Waals surface area (Å²) in [5.41, 5.74) is 6.32. The molecule has 0 spiro atoms. The lowest BCUT2D eigenvalue weighted by Crippen LogP contribution is -2.48. The molecule has 0 aliphatic heterocycles. The Kier molecular flexibility index (Phi) is 2.90. The van der Waals surface area contributed by atoms with Gasteiger partial charge >= 0.3 is 0 Å². The standard InChI is InChI=1S/C9H21N/c1-6-7-9(5,10)8(2,3)4/h6-7,10H2,1-5H3/t9-/m0/s1. The minimum absolute atomic E-state index is 0.0122. The second-order valence-corrected chi connectivity index (χ2v) is 4.42. The normalized spacial score (nSPS) is 18.6. The summed E-state index contributed by atoms with van der Waals surface area (Å²) in [6.07, 6.45) is 2.28. The molecule has 1 atom stereocenters. The third-order valence-electron chi connectivity index (χ3n) is 2.48. The van der Waals surface area contributed by atoms with E-state index in [-0.39, 0.29) is 11.0 Å². The van der Waals surface area contributed by atoms with Gasteiger partial charge in [0, 0.05) is 5.54 Å². The van der Waals surface area contributed by atoms with E-state index in [0.717, 1.165) is 6.42 Å². The number of nitrogens with two attached hydrogens (primary N) is 1. The van der Waals surface area contributed by atoms with Crippen molar-refractivity contribution in [1.29, 1.82) is 0 Å². The summed E-state index contributed by atoms with van der Waals surface area (Å²) in [4.78, 5) is 0. The molecule has 0 aliphatic carbocycles. The molecule has 0 fully saturated rings. The molecule has 62 valence electrons. The van der Waals surface area contributed by atoms with E-state index in [0.29, 0.717) is 0 Å². The summed E-state index contributed by atoms with van der Waals surface area (Å²) in [5.74, 6) is 0. The Morgan fingerprint density at radius 1 is 1.10 bits per heavy atom. The number of rotatable bonds is 2. The first-order valence-corrected chi connectivity index (χ1v) is 4.10. The predicted octanol–water partition coefficient (Wildman–Crippen LogP) is 2.55. The summed E-state index contributed by atoms with van der Waals surface area (Å²) in [5, 5.41) is 0. The Morgan fingerprint density at radius 3 is 1.60 bits per heavy atom. The summed E-state index contributed by atoms with van der Waals surface area (Å²) in [7, 11) is 0. The van der Waals surface area contributed by atoms with Crippen LogP contribution in [-0.2, 0) is 0 Å². The first-order chi connectivity index (χ1) is 4.31. The Bertz CT molecular complexity index is 97.8. The second kappa shape index (κ2) is 2.91. The van der Waals surface area contributed by atoms with Gasteiger partial charge in [0.2, 0.25) is 0 Å². The molecule has 1 nitrogen and oxygen atoms in total.